The molecule has 0 amide bonds. The Labute approximate surface area is 154 Å². The van der Waals surface area contributed by atoms with Gasteiger partial charge in [-0.3, -0.25) is 0 Å². The molecule has 142 valence electrons. The molecular weight excluding hydrogens is 359 g/mol. The number of fused-ring (bicyclic) bond motifs is 2. The lowest BCUT2D eigenvalue weighted by Crippen LogP contribution is -2.16. The molecule has 27 heavy (non-hydrogen) atoms. The Morgan fingerprint density at radius 3 is 2.63 bits per heavy atom. The second-order valence-corrected chi connectivity index (χ2v) is 5.99. The Hall–Kier alpha value is -2.96. The summed E-state index contributed by atoms with van der Waals surface area (Å²) >= 11 is 0. The van der Waals surface area contributed by atoms with Crippen LogP contribution < -0.4 is 4.74 Å². The Morgan fingerprint density at radius 2 is 1.93 bits per heavy atom. The van der Waals surface area contributed by atoms with Crippen LogP contribution in [0.15, 0.2) is 71.6 Å². The molecule has 4 nitrogen and oxygen atoms in total. The fraction of sp³-hybridized carbons (Fsp3) is 0.250. The van der Waals surface area contributed by atoms with E-state index in [2.05, 4.69) is 16.5 Å². The van der Waals surface area contributed by atoms with Crippen LogP contribution in [0.3, 0.4) is 0 Å². The molecule has 1 aliphatic carbocycles. The lowest BCUT2D eigenvalue weighted by molar-refractivity contribution is -0.274. The summed E-state index contributed by atoms with van der Waals surface area (Å²) in [5.74, 6) is 0.910. The van der Waals surface area contributed by atoms with Gasteiger partial charge >= 0.3 is 6.36 Å². The van der Waals surface area contributed by atoms with Gasteiger partial charge < -0.3 is 14.3 Å². The van der Waals surface area contributed by atoms with Crippen molar-refractivity contribution >= 4 is 11.5 Å². The van der Waals surface area contributed by atoms with Gasteiger partial charge in [-0.1, -0.05) is 35.9 Å². The highest BCUT2D eigenvalue weighted by Gasteiger charge is 2.31. The average molecular weight is 377 g/mol. The minimum absolute atomic E-state index is 0.254. The molecule has 0 atom stereocenters. The molecular formula is C20H18F3NO3. The number of rotatable bonds is 5. The molecule has 0 unspecified atom stereocenters. The summed E-state index contributed by atoms with van der Waals surface area (Å²) in [7, 11) is 0. The van der Waals surface area contributed by atoms with Crippen LogP contribution in [0.4, 0.5) is 13.2 Å². The molecule has 1 aliphatic heterocycles. The van der Waals surface area contributed by atoms with E-state index in [1.807, 2.05) is 12.2 Å². The van der Waals surface area contributed by atoms with Crippen molar-refractivity contribution in [2.75, 3.05) is 6.61 Å². The zero-order valence-electron chi connectivity index (χ0n) is 14.5. The predicted molar refractivity (Wildman–Crippen MR) is 95.8 cm³/mol. The van der Waals surface area contributed by atoms with E-state index in [9.17, 15) is 13.2 Å². The van der Waals surface area contributed by atoms with Crippen LogP contribution in [0.2, 0.25) is 0 Å². The van der Waals surface area contributed by atoms with E-state index < -0.39 is 6.36 Å². The summed E-state index contributed by atoms with van der Waals surface area (Å²) in [6, 6.07) is 5.75. The van der Waals surface area contributed by atoms with E-state index in [1.54, 1.807) is 24.3 Å². The summed E-state index contributed by atoms with van der Waals surface area (Å²) in [6.07, 6.45) is 4.48. The fourth-order valence-corrected chi connectivity index (χ4v) is 2.66. The first-order chi connectivity index (χ1) is 12.9. The Morgan fingerprint density at radius 1 is 1.15 bits per heavy atom. The lowest BCUT2D eigenvalue weighted by atomic mass is 10.0. The van der Waals surface area contributed by atoms with Crippen molar-refractivity contribution < 1.29 is 27.5 Å². The molecule has 0 saturated heterocycles. The number of allylic oxidation sites excluding steroid dienone is 5. The molecule has 1 heterocycles. The Kier molecular flexibility index (Phi) is 5.69. The van der Waals surface area contributed by atoms with Crippen molar-refractivity contribution in [3.05, 3.63) is 72.0 Å². The highest BCUT2D eigenvalue weighted by Crippen LogP contribution is 2.31. The van der Waals surface area contributed by atoms with E-state index in [1.165, 1.54) is 12.1 Å². The molecule has 2 bridgehead atoms. The number of hydrogen-bond acceptors (Lipinski definition) is 4. The van der Waals surface area contributed by atoms with Crippen molar-refractivity contribution in [1.29, 1.82) is 0 Å². The largest absolute Gasteiger partial charge is 0.573 e. The van der Waals surface area contributed by atoms with E-state index in [4.69, 9.17) is 9.57 Å². The summed E-state index contributed by atoms with van der Waals surface area (Å²) < 4.78 is 46.4. The number of halogens is 3. The Balaban J connectivity index is 1.76. The first-order valence-corrected chi connectivity index (χ1v) is 8.37. The van der Waals surface area contributed by atoms with Crippen LogP contribution in [0, 0.1) is 0 Å². The van der Waals surface area contributed by atoms with Crippen molar-refractivity contribution in [2.45, 2.75) is 25.6 Å². The third kappa shape index (κ3) is 5.51. The summed E-state index contributed by atoms with van der Waals surface area (Å²) in [5, 5.41) is 4.02. The summed E-state index contributed by atoms with van der Waals surface area (Å²) in [4.78, 5) is 5.42. The monoisotopic (exact) mass is 377 g/mol. The minimum Gasteiger partial charge on any atom is -0.478 e. The van der Waals surface area contributed by atoms with E-state index >= 15 is 0 Å². The van der Waals surface area contributed by atoms with Gasteiger partial charge in [0.2, 0.25) is 5.90 Å². The Bertz CT molecular complexity index is 818. The van der Waals surface area contributed by atoms with Gasteiger partial charge in [0.05, 0.1) is 6.61 Å². The van der Waals surface area contributed by atoms with Crippen LogP contribution in [0.1, 0.15) is 24.8 Å². The van der Waals surface area contributed by atoms with E-state index in [-0.39, 0.29) is 5.75 Å². The summed E-state index contributed by atoms with van der Waals surface area (Å²) in [6.45, 7) is 4.12. The van der Waals surface area contributed by atoms with Gasteiger partial charge in [-0.15, -0.1) is 19.8 Å². The molecule has 0 radical (unpaired) electrons. The molecule has 3 rings (SSSR count). The molecule has 1 aromatic carbocycles. The molecule has 7 heteroatoms. The van der Waals surface area contributed by atoms with Crippen molar-refractivity contribution in [3.8, 4) is 5.75 Å². The maximum Gasteiger partial charge on any atom is 0.573 e. The molecule has 0 spiro atoms. The second kappa shape index (κ2) is 8.16. The maximum absolute atomic E-state index is 12.3. The highest BCUT2D eigenvalue weighted by molar-refractivity contribution is 5.82. The maximum atomic E-state index is 12.3. The predicted octanol–water partition coefficient (Wildman–Crippen LogP) is 5.51. The SMILES string of the molecule is C=CCCOC1=NOC2=CC=C(c3ccc(OC(F)(F)F)cc3)C=C(C2)C1. The number of benzene rings is 1. The normalized spacial score (nSPS) is 16.6. The lowest BCUT2D eigenvalue weighted by Gasteiger charge is -2.10. The highest BCUT2D eigenvalue weighted by atomic mass is 19.4. The standard InChI is InChI=1S/C20H18F3NO3/c1-2-3-10-25-19-13-14-11-16(6-9-18(12-14)27-24-19)15-4-7-17(8-5-15)26-20(21,22)23/h2,4-9,11H,1,3,10,12-13H2. The van der Waals surface area contributed by atoms with E-state index in [0.29, 0.717) is 37.5 Å². The van der Waals surface area contributed by atoms with Crippen LogP contribution in [-0.4, -0.2) is 18.9 Å². The number of nitrogens with zero attached hydrogens (tertiary/aromatic N) is 1. The van der Waals surface area contributed by atoms with Crippen LogP contribution in [0.25, 0.3) is 5.57 Å². The van der Waals surface area contributed by atoms with Gasteiger partial charge in [-0.25, -0.2) is 0 Å². The number of alkyl halides is 3. The first-order valence-electron chi connectivity index (χ1n) is 8.37. The summed E-state index contributed by atoms with van der Waals surface area (Å²) in [5.41, 5.74) is 2.66. The minimum atomic E-state index is -4.70. The van der Waals surface area contributed by atoms with Crippen LogP contribution in [0.5, 0.6) is 5.75 Å². The molecule has 0 fully saturated rings. The van der Waals surface area contributed by atoms with E-state index in [0.717, 1.165) is 16.7 Å². The van der Waals surface area contributed by atoms with Gasteiger partial charge in [0.15, 0.2) is 0 Å². The third-order valence-electron chi connectivity index (χ3n) is 3.86. The molecule has 0 aromatic heterocycles. The van der Waals surface area contributed by atoms with Gasteiger partial charge in [-0.2, -0.15) is 0 Å². The number of hydrogen-bond donors (Lipinski definition) is 0. The smallest absolute Gasteiger partial charge is 0.478 e. The van der Waals surface area contributed by atoms with Crippen LogP contribution in [-0.2, 0) is 9.57 Å². The molecule has 0 saturated carbocycles. The van der Waals surface area contributed by atoms with Gasteiger partial charge in [0.1, 0.15) is 11.5 Å². The molecule has 0 N–H and O–H groups in total. The van der Waals surface area contributed by atoms with Gasteiger partial charge in [0, 0.05) is 12.8 Å². The molecule has 1 aromatic rings. The number of oxime groups is 1. The zero-order chi connectivity index (χ0) is 19.3. The topological polar surface area (TPSA) is 40.0 Å². The van der Waals surface area contributed by atoms with Crippen molar-refractivity contribution in [2.24, 2.45) is 5.16 Å². The average Bonchev–Trinajstić information content (AvgIpc) is 2.93. The van der Waals surface area contributed by atoms with Gasteiger partial charge in [0.25, 0.3) is 0 Å². The quantitative estimate of drug-likeness (QED) is 0.502. The third-order valence-corrected chi connectivity index (χ3v) is 3.86. The van der Waals surface area contributed by atoms with Gasteiger partial charge in [-0.05, 0) is 40.9 Å². The second-order valence-electron chi connectivity index (χ2n) is 5.99. The fourth-order valence-electron chi connectivity index (χ4n) is 2.66. The van der Waals surface area contributed by atoms with Crippen molar-refractivity contribution in [3.63, 3.8) is 0 Å². The molecule has 2 aliphatic rings. The number of ether oxygens (including phenoxy) is 2. The zero-order valence-corrected chi connectivity index (χ0v) is 14.5. The van der Waals surface area contributed by atoms with Crippen LogP contribution >= 0.6 is 0 Å². The van der Waals surface area contributed by atoms with Crippen molar-refractivity contribution in [1.82, 2.24) is 0 Å². The first kappa shape index (κ1) is 18.8.